The minimum Gasteiger partial charge on any atom is -0.465 e. The molecule has 0 aliphatic carbocycles. The maximum Gasteiger partial charge on any atom is 0.408 e. The molecule has 10 nitrogen and oxygen atoms in total. The Balaban J connectivity index is 2.65. The van der Waals surface area contributed by atoms with Crippen LogP contribution in [0.5, 0.6) is 0 Å². The van der Waals surface area contributed by atoms with Gasteiger partial charge < -0.3 is 30.2 Å². The molecule has 166 valence electrons. The topological polar surface area (TPSA) is 132 Å². The molecule has 0 bridgehead atoms. The first kappa shape index (κ1) is 24.7. The maximum atomic E-state index is 12.4. The van der Waals surface area contributed by atoms with E-state index >= 15 is 0 Å². The first-order valence-electron chi connectivity index (χ1n) is 9.48. The molecule has 30 heavy (non-hydrogen) atoms. The highest BCUT2D eigenvalue weighted by atomic mass is 16.6. The van der Waals surface area contributed by atoms with Crippen molar-refractivity contribution in [3.63, 3.8) is 0 Å². The van der Waals surface area contributed by atoms with Gasteiger partial charge in [-0.3, -0.25) is 9.59 Å². The molecule has 1 unspecified atom stereocenters. The van der Waals surface area contributed by atoms with Crippen molar-refractivity contribution in [2.75, 3.05) is 19.7 Å². The van der Waals surface area contributed by atoms with Crippen LogP contribution in [0, 0.1) is 0 Å². The Morgan fingerprint density at radius 1 is 0.967 bits per heavy atom. The summed E-state index contributed by atoms with van der Waals surface area (Å²) in [5.41, 5.74) is 0.0381. The fraction of sp³-hybridized carbons (Fsp3) is 0.500. The molecule has 1 aromatic rings. The van der Waals surface area contributed by atoms with Gasteiger partial charge >= 0.3 is 18.2 Å². The largest absolute Gasteiger partial charge is 0.465 e. The predicted molar refractivity (Wildman–Crippen MR) is 107 cm³/mol. The highest BCUT2D eigenvalue weighted by Gasteiger charge is 2.24. The summed E-state index contributed by atoms with van der Waals surface area (Å²) < 4.78 is 14.9. The molecule has 0 aliphatic rings. The molecule has 0 saturated heterocycles. The van der Waals surface area contributed by atoms with Gasteiger partial charge in [0, 0.05) is 0 Å². The Kier molecular flexibility index (Phi) is 10.1. The molecule has 0 saturated carbocycles. The van der Waals surface area contributed by atoms with E-state index in [0.29, 0.717) is 0 Å². The summed E-state index contributed by atoms with van der Waals surface area (Å²) in [4.78, 5) is 47.8. The zero-order chi connectivity index (χ0) is 22.6. The average molecular weight is 423 g/mol. The lowest BCUT2D eigenvalue weighted by Gasteiger charge is -2.22. The van der Waals surface area contributed by atoms with Crippen LogP contribution < -0.4 is 16.0 Å². The van der Waals surface area contributed by atoms with Crippen molar-refractivity contribution < 1.29 is 33.4 Å². The molecular formula is C20H29N3O7. The number of esters is 1. The van der Waals surface area contributed by atoms with E-state index in [4.69, 9.17) is 14.2 Å². The predicted octanol–water partition coefficient (Wildman–Crippen LogP) is 1.49. The van der Waals surface area contributed by atoms with Gasteiger partial charge in [-0.15, -0.1) is 0 Å². The quantitative estimate of drug-likeness (QED) is 0.405. The summed E-state index contributed by atoms with van der Waals surface area (Å²) in [6.45, 7) is 6.23. The van der Waals surface area contributed by atoms with E-state index < -0.39 is 35.7 Å². The highest BCUT2D eigenvalue weighted by molar-refractivity contribution is 5.88. The summed E-state index contributed by atoms with van der Waals surface area (Å²) in [6, 6.07) is 7.78. The normalized spacial score (nSPS) is 11.6. The maximum absolute atomic E-state index is 12.4. The molecule has 3 amide bonds. The summed E-state index contributed by atoms with van der Waals surface area (Å²) in [7, 11) is 0. The van der Waals surface area contributed by atoms with E-state index in [1.165, 1.54) is 0 Å². The second-order valence-corrected chi connectivity index (χ2v) is 7.16. The molecule has 0 heterocycles. The number of benzene rings is 1. The number of rotatable bonds is 9. The van der Waals surface area contributed by atoms with Crippen LogP contribution in [-0.2, 0) is 30.4 Å². The summed E-state index contributed by atoms with van der Waals surface area (Å²) in [5, 5.41) is 7.11. The van der Waals surface area contributed by atoms with Gasteiger partial charge in [-0.25, -0.2) is 9.59 Å². The zero-order valence-corrected chi connectivity index (χ0v) is 17.7. The molecule has 10 heteroatoms. The average Bonchev–Trinajstić information content (AvgIpc) is 2.67. The summed E-state index contributed by atoms with van der Waals surface area (Å²) >= 11 is 0. The van der Waals surface area contributed by atoms with E-state index in [0.717, 1.165) is 5.56 Å². The van der Waals surface area contributed by atoms with Gasteiger partial charge in [0.2, 0.25) is 5.91 Å². The van der Waals surface area contributed by atoms with Crippen molar-refractivity contribution in [3.8, 4) is 0 Å². The molecule has 3 N–H and O–H groups in total. The lowest BCUT2D eigenvalue weighted by Crippen LogP contribution is -2.53. The molecule has 1 atom stereocenters. The van der Waals surface area contributed by atoms with Crippen LogP contribution in [0.25, 0.3) is 0 Å². The number of ether oxygens (including phenoxy) is 3. The standard InChI is InChI=1S/C20H29N3O7/c1-5-28-16(24)12-21-17(25)15(11-22-18(26)30-20(2,3)4)23-19(27)29-13-14-9-7-6-8-10-14/h6-10,15H,5,11-13H2,1-4H3,(H,21,25)(H,22,26)(H,23,27). The van der Waals surface area contributed by atoms with Crippen molar-refractivity contribution in [1.29, 1.82) is 0 Å². The van der Waals surface area contributed by atoms with E-state index in [9.17, 15) is 19.2 Å². The van der Waals surface area contributed by atoms with Gasteiger partial charge in [0.1, 0.15) is 24.8 Å². The van der Waals surface area contributed by atoms with Crippen LogP contribution in [0.1, 0.15) is 33.3 Å². The van der Waals surface area contributed by atoms with Crippen molar-refractivity contribution in [2.24, 2.45) is 0 Å². The molecular weight excluding hydrogens is 394 g/mol. The number of amides is 3. The third kappa shape index (κ3) is 10.9. The van der Waals surface area contributed by atoms with Crippen molar-refractivity contribution >= 4 is 24.1 Å². The molecule has 0 radical (unpaired) electrons. The fourth-order valence-corrected chi connectivity index (χ4v) is 2.11. The second kappa shape index (κ2) is 12.3. The fourth-order valence-electron chi connectivity index (χ4n) is 2.11. The Labute approximate surface area is 175 Å². The van der Waals surface area contributed by atoms with E-state index in [2.05, 4.69) is 16.0 Å². The Morgan fingerprint density at radius 3 is 2.23 bits per heavy atom. The van der Waals surface area contributed by atoms with Gasteiger partial charge in [-0.1, -0.05) is 30.3 Å². The first-order valence-corrected chi connectivity index (χ1v) is 9.48. The minimum absolute atomic E-state index is 0.00331. The van der Waals surface area contributed by atoms with Crippen molar-refractivity contribution in [1.82, 2.24) is 16.0 Å². The summed E-state index contributed by atoms with van der Waals surface area (Å²) in [6.07, 6.45) is -1.62. The smallest absolute Gasteiger partial charge is 0.408 e. The van der Waals surface area contributed by atoms with E-state index in [-0.39, 0.29) is 26.3 Å². The molecule has 0 fully saturated rings. The summed E-state index contributed by atoms with van der Waals surface area (Å²) in [5.74, 6) is -1.33. The van der Waals surface area contributed by atoms with Gasteiger partial charge in [0.25, 0.3) is 0 Å². The van der Waals surface area contributed by atoms with Gasteiger partial charge in [0.15, 0.2) is 0 Å². The Hall–Kier alpha value is -3.30. The first-order chi connectivity index (χ1) is 14.1. The van der Waals surface area contributed by atoms with Crippen LogP contribution >= 0.6 is 0 Å². The van der Waals surface area contributed by atoms with Crippen LogP contribution in [0.2, 0.25) is 0 Å². The Bertz CT molecular complexity index is 717. The minimum atomic E-state index is -1.20. The zero-order valence-electron chi connectivity index (χ0n) is 17.7. The van der Waals surface area contributed by atoms with Gasteiger partial charge in [0.05, 0.1) is 13.2 Å². The molecule has 0 spiro atoms. The number of carbonyl (C=O) groups excluding carboxylic acids is 4. The third-order valence-electron chi connectivity index (χ3n) is 3.38. The SMILES string of the molecule is CCOC(=O)CNC(=O)C(CNC(=O)OC(C)(C)C)NC(=O)OCc1ccccc1. The number of hydrogen-bond acceptors (Lipinski definition) is 7. The van der Waals surface area contributed by atoms with Crippen LogP contribution in [-0.4, -0.2) is 55.4 Å². The Morgan fingerprint density at radius 2 is 1.63 bits per heavy atom. The molecule has 0 aliphatic heterocycles. The van der Waals surface area contributed by atoms with Crippen molar-refractivity contribution in [3.05, 3.63) is 35.9 Å². The van der Waals surface area contributed by atoms with Crippen LogP contribution in [0.4, 0.5) is 9.59 Å². The van der Waals surface area contributed by atoms with Gasteiger partial charge in [-0.05, 0) is 33.3 Å². The van der Waals surface area contributed by atoms with Crippen LogP contribution in [0.15, 0.2) is 30.3 Å². The van der Waals surface area contributed by atoms with Crippen molar-refractivity contribution in [2.45, 2.75) is 45.9 Å². The third-order valence-corrected chi connectivity index (χ3v) is 3.38. The van der Waals surface area contributed by atoms with E-state index in [1.54, 1.807) is 52.0 Å². The van der Waals surface area contributed by atoms with Gasteiger partial charge in [-0.2, -0.15) is 0 Å². The molecule has 1 rings (SSSR count). The lowest BCUT2D eigenvalue weighted by atomic mass is 10.2. The number of hydrogen-bond donors (Lipinski definition) is 3. The molecule has 0 aromatic heterocycles. The molecule has 1 aromatic carbocycles. The highest BCUT2D eigenvalue weighted by Crippen LogP contribution is 2.06. The van der Waals surface area contributed by atoms with E-state index in [1.807, 2.05) is 6.07 Å². The lowest BCUT2D eigenvalue weighted by molar-refractivity contribution is -0.143. The number of carbonyl (C=O) groups is 4. The number of alkyl carbamates (subject to hydrolysis) is 2. The monoisotopic (exact) mass is 423 g/mol. The van der Waals surface area contributed by atoms with Crippen LogP contribution in [0.3, 0.4) is 0 Å². The number of nitrogens with one attached hydrogen (secondary N) is 3. The second-order valence-electron chi connectivity index (χ2n) is 7.16.